The van der Waals surface area contributed by atoms with Crippen LogP contribution in [0.5, 0.6) is 0 Å². The standard InChI is InChI=1S/C19H31BN6O6/c1-12(2)11-16(20(29)30)24-18(28)15(9-6-10-22-19(21)25-26(31)32)23-17(27)14-8-5-4-7-13(14)3/h4-5,7-8,12,15-16,29-30H,6,9-11H2,1-3H3,(H,23,27)(H,24,28)(H3,21,22,25)/t15-,16-/m0/s1. The molecule has 0 saturated heterocycles. The number of nitrogens with one attached hydrogen (secondary N) is 3. The first-order valence-electron chi connectivity index (χ1n) is 10.2. The third kappa shape index (κ3) is 9.75. The van der Waals surface area contributed by atoms with Gasteiger partial charge in [-0.25, -0.2) is 15.1 Å². The van der Waals surface area contributed by atoms with E-state index < -0.39 is 35.9 Å². The number of hydrogen-bond acceptors (Lipinski definition) is 7. The highest BCUT2D eigenvalue weighted by Crippen LogP contribution is 2.10. The minimum absolute atomic E-state index is 0.0781. The number of aryl methyl sites for hydroxylation is 1. The Kier molecular flexibility index (Phi) is 11.1. The molecule has 0 radical (unpaired) electrons. The molecular formula is C19H31BN6O6. The summed E-state index contributed by atoms with van der Waals surface area (Å²) in [5.74, 6) is -2.22. The van der Waals surface area contributed by atoms with E-state index in [9.17, 15) is 29.8 Å². The van der Waals surface area contributed by atoms with Crippen molar-refractivity contribution in [3.63, 3.8) is 0 Å². The summed E-state index contributed by atoms with van der Waals surface area (Å²) in [6, 6.07) is 5.90. The summed E-state index contributed by atoms with van der Waals surface area (Å²) < 4.78 is 0. The maximum atomic E-state index is 12.9. The molecule has 2 atom stereocenters. The summed E-state index contributed by atoms with van der Waals surface area (Å²) in [6.07, 6.45) is 0.757. The van der Waals surface area contributed by atoms with Gasteiger partial charge >= 0.3 is 7.12 Å². The molecule has 0 saturated carbocycles. The molecule has 0 spiro atoms. The van der Waals surface area contributed by atoms with Crippen molar-refractivity contribution >= 4 is 24.9 Å². The van der Waals surface area contributed by atoms with E-state index in [-0.39, 0.29) is 31.3 Å². The molecule has 32 heavy (non-hydrogen) atoms. The minimum atomic E-state index is -1.76. The molecule has 7 N–H and O–H groups in total. The van der Waals surface area contributed by atoms with E-state index in [2.05, 4.69) is 15.6 Å². The molecule has 0 aliphatic rings. The van der Waals surface area contributed by atoms with E-state index in [0.717, 1.165) is 5.56 Å². The fraction of sp³-hybridized carbons (Fsp3) is 0.526. The molecule has 0 bridgehead atoms. The van der Waals surface area contributed by atoms with Crippen LogP contribution in [0.3, 0.4) is 0 Å². The maximum Gasteiger partial charge on any atom is 0.475 e. The Balaban J connectivity index is 2.91. The van der Waals surface area contributed by atoms with Gasteiger partial charge in [-0.15, -0.1) is 0 Å². The van der Waals surface area contributed by atoms with Gasteiger partial charge in [0.05, 0.1) is 5.94 Å². The SMILES string of the molecule is Cc1ccccc1C(=O)N[C@@H](CCCN=C(N)N[N+](=O)[O-])C(=O)N[C@@H](CC(C)C)B(O)O. The first-order valence-corrected chi connectivity index (χ1v) is 10.2. The van der Waals surface area contributed by atoms with Gasteiger partial charge in [0.1, 0.15) is 6.04 Å². The van der Waals surface area contributed by atoms with Crippen LogP contribution in [0.4, 0.5) is 0 Å². The van der Waals surface area contributed by atoms with Crippen molar-refractivity contribution in [2.45, 2.75) is 52.0 Å². The smallest absolute Gasteiger partial charge is 0.426 e. The molecule has 0 aromatic heterocycles. The lowest BCUT2D eigenvalue weighted by Gasteiger charge is -2.24. The Labute approximate surface area is 186 Å². The quantitative estimate of drug-likeness (QED) is 0.0613. The van der Waals surface area contributed by atoms with E-state index in [4.69, 9.17) is 5.73 Å². The van der Waals surface area contributed by atoms with Crippen LogP contribution in [0.2, 0.25) is 0 Å². The Bertz CT molecular complexity index is 819. The minimum Gasteiger partial charge on any atom is -0.426 e. The number of benzene rings is 1. The number of rotatable bonds is 12. The summed E-state index contributed by atoms with van der Waals surface area (Å²) in [7, 11) is -1.76. The molecule has 12 nitrogen and oxygen atoms in total. The van der Waals surface area contributed by atoms with Crippen molar-refractivity contribution < 1.29 is 24.7 Å². The molecule has 1 rings (SSSR count). The molecule has 0 fully saturated rings. The molecule has 13 heteroatoms. The topological polar surface area (TPSA) is 192 Å². The Hall–Kier alpha value is -3.19. The Morgan fingerprint density at radius 3 is 2.47 bits per heavy atom. The van der Waals surface area contributed by atoms with Gasteiger partial charge in [-0.2, -0.15) is 0 Å². The highest BCUT2D eigenvalue weighted by molar-refractivity contribution is 6.43. The number of amides is 2. The number of carbonyl (C=O) groups is 2. The van der Waals surface area contributed by atoms with Crippen LogP contribution in [0.1, 0.15) is 49.0 Å². The van der Waals surface area contributed by atoms with E-state index in [1.54, 1.807) is 36.6 Å². The molecular weight excluding hydrogens is 419 g/mol. The van der Waals surface area contributed by atoms with Crippen LogP contribution < -0.4 is 21.8 Å². The first-order chi connectivity index (χ1) is 15.0. The third-order valence-corrected chi connectivity index (χ3v) is 4.56. The molecule has 0 aliphatic heterocycles. The number of hydrogen-bond donors (Lipinski definition) is 6. The maximum absolute atomic E-state index is 12.9. The monoisotopic (exact) mass is 450 g/mol. The van der Waals surface area contributed by atoms with E-state index in [0.29, 0.717) is 12.0 Å². The first kappa shape index (κ1) is 26.8. The van der Waals surface area contributed by atoms with Crippen LogP contribution in [-0.2, 0) is 4.79 Å². The zero-order valence-corrected chi connectivity index (χ0v) is 18.4. The summed E-state index contributed by atoms with van der Waals surface area (Å²) >= 11 is 0. The zero-order valence-electron chi connectivity index (χ0n) is 18.4. The lowest BCUT2D eigenvalue weighted by molar-refractivity contribution is -0.525. The number of hydrazine groups is 1. The highest BCUT2D eigenvalue weighted by atomic mass is 16.7. The number of carbonyl (C=O) groups excluding carboxylic acids is 2. The fourth-order valence-electron chi connectivity index (χ4n) is 3.00. The summed E-state index contributed by atoms with van der Waals surface area (Å²) in [5.41, 5.74) is 8.22. The van der Waals surface area contributed by atoms with Gasteiger partial charge in [0, 0.05) is 12.1 Å². The predicted molar refractivity (Wildman–Crippen MR) is 120 cm³/mol. The van der Waals surface area contributed by atoms with E-state index >= 15 is 0 Å². The van der Waals surface area contributed by atoms with Gasteiger partial charge in [0.15, 0.2) is 5.03 Å². The lowest BCUT2D eigenvalue weighted by atomic mass is 9.75. The highest BCUT2D eigenvalue weighted by Gasteiger charge is 2.30. The average molecular weight is 450 g/mol. The second-order valence-electron chi connectivity index (χ2n) is 7.78. The van der Waals surface area contributed by atoms with Crippen LogP contribution in [0.15, 0.2) is 29.3 Å². The van der Waals surface area contributed by atoms with Crippen molar-refractivity contribution in [1.82, 2.24) is 16.1 Å². The van der Waals surface area contributed by atoms with Gasteiger partial charge in [0.25, 0.3) is 11.9 Å². The van der Waals surface area contributed by atoms with Crippen molar-refractivity contribution in [2.75, 3.05) is 6.54 Å². The predicted octanol–water partition coefficient (Wildman–Crippen LogP) is -0.487. The molecule has 176 valence electrons. The van der Waals surface area contributed by atoms with Crippen LogP contribution in [0.25, 0.3) is 0 Å². The van der Waals surface area contributed by atoms with E-state index in [1.807, 2.05) is 13.8 Å². The Morgan fingerprint density at radius 1 is 1.25 bits per heavy atom. The molecule has 0 heterocycles. The fourth-order valence-corrected chi connectivity index (χ4v) is 3.00. The average Bonchev–Trinajstić information content (AvgIpc) is 2.68. The molecule has 0 aliphatic carbocycles. The van der Waals surface area contributed by atoms with E-state index in [1.165, 1.54) is 0 Å². The number of nitro groups is 1. The number of nitrogens with two attached hydrogens (primary N) is 1. The van der Waals surface area contributed by atoms with Crippen molar-refractivity contribution in [1.29, 1.82) is 0 Å². The molecule has 2 amide bonds. The summed E-state index contributed by atoms with van der Waals surface area (Å²) in [6.45, 7) is 5.60. The van der Waals surface area contributed by atoms with Crippen molar-refractivity contribution in [3.8, 4) is 0 Å². The van der Waals surface area contributed by atoms with Crippen LogP contribution in [-0.4, -0.2) is 58.5 Å². The molecule has 1 aromatic rings. The number of guanidine groups is 1. The lowest BCUT2D eigenvalue weighted by Crippen LogP contribution is -2.54. The second-order valence-corrected chi connectivity index (χ2v) is 7.78. The third-order valence-electron chi connectivity index (χ3n) is 4.56. The van der Waals surface area contributed by atoms with Gasteiger partial charge in [-0.1, -0.05) is 37.5 Å². The molecule has 0 unspecified atom stereocenters. The van der Waals surface area contributed by atoms with Gasteiger partial charge in [0.2, 0.25) is 5.91 Å². The summed E-state index contributed by atoms with van der Waals surface area (Å²) in [5, 5.41) is 34.0. The number of aliphatic imine (C=N–C) groups is 1. The summed E-state index contributed by atoms with van der Waals surface area (Å²) in [4.78, 5) is 39.7. The van der Waals surface area contributed by atoms with Gasteiger partial charge in [-0.05, 0) is 43.7 Å². The number of nitrogens with zero attached hydrogens (tertiary/aromatic N) is 2. The van der Waals surface area contributed by atoms with Crippen molar-refractivity contribution in [3.05, 3.63) is 45.5 Å². The Morgan fingerprint density at radius 2 is 1.91 bits per heavy atom. The largest absolute Gasteiger partial charge is 0.475 e. The van der Waals surface area contributed by atoms with Gasteiger partial charge < -0.3 is 26.4 Å². The zero-order chi connectivity index (χ0) is 24.3. The van der Waals surface area contributed by atoms with Crippen LogP contribution in [0, 0.1) is 23.0 Å². The second kappa shape index (κ2) is 13.3. The van der Waals surface area contributed by atoms with Crippen molar-refractivity contribution in [2.24, 2.45) is 16.6 Å². The normalized spacial score (nSPS) is 13.2. The molecule has 1 aromatic carbocycles. The van der Waals surface area contributed by atoms with Crippen LogP contribution >= 0.6 is 0 Å². The van der Waals surface area contributed by atoms with Gasteiger partial charge in [-0.3, -0.25) is 9.59 Å².